The van der Waals surface area contributed by atoms with Gasteiger partial charge in [0.1, 0.15) is 0 Å². The van der Waals surface area contributed by atoms with Gasteiger partial charge in [-0.05, 0) is 34.0 Å². The van der Waals surface area contributed by atoms with Gasteiger partial charge in [0.2, 0.25) is 0 Å². The van der Waals surface area contributed by atoms with Gasteiger partial charge in [-0.25, -0.2) is 0 Å². The average Bonchev–Trinajstić information content (AvgIpc) is 2.36. The monoisotopic (exact) mass is 300 g/mol. The van der Waals surface area contributed by atoms with E-state index in [0.717, 1.165) is 24.4 Å². The second kappa shape index (κ2) is 8.35. The van der Waals surface area contributed by atoms with Crippen molar-refractivity contribution in [2.75, 3.05) is 34.3 Å². The summed E-state index contributed by atoms with van der Waals surface area (Å²) in [5.41, 5.74) is 1.02. The van der Waals surface area contributed by atoms with Crippen LogP contribution in [0, 0.1) is 0 Å². The van der Waals surface area contributed by atoms with E-state index < -0.39 is 0 Å². The molecule has 5 heteroatoms. The van der Waals surface area contributed by atoms with Crippen molar-refractivity contribution in [3.63, 3.8) is 0 Å². The minimum absolute atomic E-state index is 0.0885. The van der Waals surface area contributed by atoms with Crippen LogP contribution in [0.25, 0.3) is 0 Å². The quantitative estimate of drug-likeness (QED) is 0.749. The predicted molar refractivity (Wildman–Crippen MR) is 84.0 cm³/mol. The van der Waals surface area contributed by atoms with E-state index in [0.29, 0.717) is 17.3 Å². The number of hydrogen-bond acceptors (Lipinski definition) is 4. The molecule has 0 atom stereocenters. The number of nitrogens with one attached hydrogen (secondary N) is 1. The molecule has 0 heterocycles. The van der Waals surface area contributed by atoms with Crippen molar-refractivity contribution in [3.05, 3.63) is 22.7 Å². The van der Waals surface area contributed by atoms with Gasteiger partial charge in [0, 0.05) is 36.3 Å². The molecule has 0 aliphatic carbocycles. The summed E-state index contributed by atoms with van der Waals surface area (Å²) in [6.07, 6.45) is 0.0885. The lowest BCUT2D eigenvalue weighted by atomic mass is 10.1. The van der Waals surface area contributed by atoms with Crippen LogP contribution in [-0.4, -0.2) is 45.3 Å². The lowest BCUT2D eigenvalue weighted by Crippen LogP contribution is -2.26. The Morgan fingerprint density at radius 2 is 2.00 bits per heavy atom. The molecule has 0 amide bonds. The van der Waals surface area contributed by atoms with Gasteiger partial charge in [-0.15, -0.1) is 0 Å². The van der Waals surface area contributed by atoms with Crippen molar-refractivity contribution in [1.82, 2.24) is 10.2 Å². The summed E-state index contributed by atoms with van der Waals surface area (Å²) in [6, 6.07) is 3.70. The minimum Gasteiger partial charge on any atom is -0.493 e. The third-order valence-electron chi connectivity index (χ3n) is 2.72. The van der Waals surface area contributed by atoms with Crippen LogP contribution in [0.2, 0.25) is 5.02 Å². The highest BCUT2D eigenvalue weighted by Gasteiger charge is 2.14. The molecular weight excluding hydrogens is 276 g/mol. The topological polar surface area (TPSA) is 33.7 Å². The first-order chi connectivity index (χ1) is 9.43. The molecule has 0 bridgehead atoms. The van der Waals surface area contributed by atoms with Crippen molar-refractivity contribution in [2.24, 2.45) is 0 Å². The van der Waals surface area contributed by atoms with E-state index in [1.807, 2.05) is 19.9 Å². The Bertz CT molecular complexity index is 423. The Morgan fingerprint density at radius 3 is 2.55 bits per heavy atom. The Kier molecular flexibility index (Phi) is 7.13. The van der Waals surface area contributed by atoms with Gasteiger partial charge in [0.05, 0.1) is 13.2 Å². The number of ether oxygens (including phenoxy) is 2. The normalized spacial score (nSPS) is 11.2. The minimum atomic E-state index is 0.0885. The molecule has 0 aliphatic rings. The van der Waals surface area contributed by atoms with E-state index in [4.69, 9.17) is 21.1 Å². The molecule has 1 aromatic carbocycles. The van der Waals surface area contributed by atoms with Crippen LogP contribution in [0.4, 0.5) is 0 Å². The predicted octanol–water partition coefficient (Wildman–Crippen LogP) is 2.79. The molecule has 0 fully saturated rings. The SMILES string of the molecule is COc1cc(Cl)cc(CNCCN(C)C)c1OC(C)C. The first-order valence-electron chi connectivity index (χ1n) is 6.82. The van der Waals surface area contributed by atoms with Crippen LogP contribution in [0.1, 0.15) is 19.4 Å². The van der Waals surface area contributed by atoms with E-state index in [1.165, 1.54) is 0 Å². The molecule has 0 aliphatic heterocycles. The van der Waals surface area contributed by atoms with Crippen LogP contribution in [-0.2, 0) is 6.54 Å². The summed E-state index contributed by atoms with van der Waals surface area (Å²) in [6.45, 7) is 6.59. The number of halogens is 1. The number of rotatable bonds is 8. The maximum absolute atomic E-state index is 6.13. The van der Waals surface area contributed by atoms with Gasteiger partial charge >= 0.3 is 0 Å². The zero-order valence-electron chi connectivity index (χ0n) is 13.0. The molecule has 0 saturated carbocycles. The van der Waals surface area contributed by atoms with Gasteiger partial charge in [0.15, 0.2) is 11.5 Å². The van der Waals surface area contributed by atoms with E-state index in [1.54, 1.807) is 13.2 Å². The maximum atomic E-state index is 6.13. The fourth-order valence-corrected chi connectivity index (χ4v) is 2.03. The lowest BCUT2D eigenvalue weighted by Gasteiger charge is -2.18. The maximum Gasteiger partial charge on any atom is 0.166 e. The van der Waals surface area contributed by atoms with Crippen LogP contribution in [0.3, 0.4) is 0 Å². The smallest absolute Gasteiger partial charge is 0.166 e. The molecular formula is C15H25ClN2O2. The first kappa shape index (κ1) is 17.1. The van der Waals surface area contributed by atoms with E-state index in [9.17, 15) is 0 Å². The zero-order valence-corrected chi connectivity index (χ0v) is 13.8. The Labute approximate surface area is 127 Å². The Morgan fingerprint density at radius 1 is 1.30 bits per heavy atom. The summed E-state index contributed by atoms with van der Waals surface area (Å²) in [4.78, 5) is 2.14. The third-order valence-corrected chi connectivity index (χ3v) is 2.94. The van der Waals surface area contributed by atoms with Gasteiger partial charge in [-0.2, -0.15) is 0 Å². The Balaban J connectivity index is 2.83. The summed E-state index contributed by atoms with van der Waals surface area (Å²) in [7, 11) is 5.73. The summed E-state index contributed by atoms with van der Waals surface area (Å²) < 4.78 is 11.2. The van der Waals surface area contributed by atoms with Crippen molar-refractivity contribution >= 4 is 11.6 Å². The number of benzene rings is 1. The van der Waals surface area contributed by atoms with Gasteiger partial charge in [0.25, 0.3) is 0 Å². The molecule has 0 aromatic heterocycles. The van der Waals surface area contributed by atoms with Crippen LogP contribution < -0.4 is 14.8 Å². The highest BCUT2D eigenvalue weighted by atomic mass is 35.5. The van der Waals surface area contributed by atoms with Gasteiger partial charge < -0.3 is 19.7 Å². The largest absolute Gasteiger partial charge is 0.493 e. The third kappa shape index (κ3) is 5.57. The second-order valence-corrected chi connectivity index (χ2v) is 5.68. The van der Waals surface area contributed by atoms with E-state index in [2.05, 4.69) is 24.3 Å². The summed E-state index contributed by atoms with van der Waals surface area (Å²) in [5, 5.41) is 4.04. The number of nitrogens with zero attached hydrogens (tertiary/aromatic N) is 1. The molecule has 0 saturated heterocycles. The molecule has 20 heavy (non-hydrogen) atoms. The molecule has 1 aromatic rings. The zero-order chi connectivity index (χ0) is 15.1. The number of methoxy groups -OCH3 is 1. The molecule has 0 unspecified atom stereocenters. The highest BCUT2D eigenvalue weighted by molar-refractivity contribution is 6.30. The second-order valence-electron chi connectivity index (χ2n) is 5.24. The van der Waals surface area contributed by atoms with E-state index >= 15 is 0 Å². The molecule has 114 valence electrons. The first-order valence-corrected chi connectivity index (χ1v) is 7.20. The standard InChI is InChI=1S/C15H25ClN2O2/c1-11(2)20-15-12(10-17-6-7-18(3)4)8-13(16)9-14(15)19-5/h8-9,11,17H,6-7,10H2,1-5H3. The van der Waals surface area contributed by atoms with Crippen LogP contribution >= 0.6 is 11.6 Å². The molecule has 1 N–H and O–H groups in total. The fourth-order valence-electron chi connectivity index (χ4n) is 1.80. The number of likely N-dealkylation sites (N-methyl/N-ethyl adjacent to an activating group) is 1. The van der Waals surface area contributed by atoms with Crippen LogP contribution in [0.5, 0.6) is 11.5 Å². The molecule has 4 nitrogen and oxygen atoms in total. The van der Waals surface area contributed by atoms with Crippen molar-refractivity contribution in [3.8, 4) is 11.5 Å². The lowest BCUT2D eigenvalue weighted by molar-refractivity contribution is 0.227. The summed E-state index contributed by atoms with van der Waals surface area (Å²) >= 11 is 6.13. The van der Waals surface area contributed by atoms with Crippen molar-refractivity contribution < 1.29 is 9.47 Å². The average molecular weight is 301 g/mol. The highest BCUT2D eigenvalue weighted by Crippen LogP contribution is 2.35. The molecule has 0 spiro atoms. The Hall–Kier alpha value is -0.970. The van der Waals surface area contributed by atoms with Crippen molar-refractivity contribution in [2.45, 2.75) is 26.5 Å². The number of hydrogen-bond donors (Lipinski definition) is 1. The van der Waals surface area contributed by atoms with Crippen LogP contribution in [0.15, 0.2) is 12.1 Å². The van der Waals surface area contributed by atoms with Gasteiger partial charge in [-0.3, -0.25) is 0 Å². The summed E-state index contributed by atoms with van der Waals surface area (Å²) in [5.74, 6) is 1.44. The van der Waals surface area contributed by atoms with Crippen molar-refractivity contribution in [1.29, 1.82) is 0 Å². The van der Waals surface area contributed by atoms with Gasteiger partial charge in [-0.1, -0.05) is 11.6 Å². The fraction of sp³-hybridized carbons (Fsp3) is 0.600. The van der Waals surface area contributed by atoms with E-state index in [-0.39, 0.29) is 6.10 Å². The molecule has 0 radical (unpaired) electrons. The molecule has 1 rings (SSSR count).